The van der Waals surface area contributed by atoms with E-state index in [4.69, 9.17) is 10.5 Å². The molecule has 0 spiro atoms. The second-order valence-electron chi connectivity index (χ2n) is 5.05. The minimum absolute atomic E-state index is 0.566. The molecular formula is C14H22N4O. The molecule has 19 heavy (non-hydrogen) atoms. The zero-order valence-electron chi connectivity index (χ0n) is 11.7. The third-order valence-electron chi connectivity index (χ3n) is 3.54. The predicted molar refractivity (Wildman–Crippen MR) is 76.1 cm³/mol. The van der Waals surface area contributed by atoms with Crippen LogP contribution in [0.15, 0.2) is 23.3 Å². The fourth-order valence-electron chi connectivity index (χ4n) is 2.17. The molecule has 1 fully saturated rings. The summed E-state index contributed by atoms with van der Waals surface area (Å²) in [6, 6.07) is 3.81. The Morgan fingerprint density at radius 3 is 2.95 bits per heavy atom. The summed E-state index contributed by atoms with van der Waals surface area (Å²) in [7, 11) is 1.61. The summed E-state index contributed by atoms with van der Waals surface area (Å²) >= 11 is 0. The number of aromatic nitrogens is 1. The Balaban J connectivity index is 1.93. The van der Waals surface area contributed by atoms with Crippen molar-refractivity contribution in [1.29, 1.82) is 0 Å². The molecule has 0 saturated carbocycles. The summed E-state index contributed by atoms with van der Waals surface area (Å²) in [5.74, 6) is 2.05. The lowest BCUT2D eigenvalue weighted by Crippen LogP contribution is -2.42. The number of hydrogen-bond acceptors (Lipinski definition) is 3. The van der Waals surface area contributed by atoms with Gasteiger partial charge in [-0.05, 0) is 30.4 Å². The lowest BCUT2D eigenvalue weighted by atomic mass is 10.00. The van der Waals surface area contributed by atoms with Crippen molar-refractivity contribution < 1.29 is 4.74 Å². The molecule has 2 heterocycles. The highest BCUT2D eigenvalue weighted by atomic mass is 16.5. The zero-order valence-corrected chi connectivity index (χ0v) is 11.7. The molecule has 1 aromatic rings. The molecule has 2 rings (SSSR count). The maximum Gasteiger partial charge on any atom is 0.213 e. The van der Waals surface area contributed by atoms with Crippen LogP contribution in [0.1, 0.15) is 25.3 Å². The summed E-state index contributed by atoms with van der Waals surface area (Å²) in [5, 5.41) is 0. The average Bonchev–Trinajstić information content (AvgIpc) is 2.46. The molecule has 0 aromatic carbocycles. The van der Waals surface area contributed by atoms with Gasteiger partial charge in [-0.25, -0.2) is 9.98 Å². The van der Waals surface area contributed by atoms with E-state index in [1.165, 1.54) is 12.8 Å². The summed E-state index contributed by atoms with van der Waals surface area (Å²) < 4.78 is 5.09. The van der Waals surface area contributed by atoms with Gasteiger partial charge in [0.15, 0.2) is 5.96 Å². The van der Waals surface area contributed by atoms with E-state index in [-0.39, 0.29) is 0 Å². The van der Waals surface area contributed by atoms with Gasteiger partial charge in [-0.1, -0.05) is 6.92 Å². The molecule has 1 aliphatic rings. The Kier molecular flexibility index (Phi) is 4.60. The predicted octanol–water partition coefficient (Wildman–Crippen LogP) is 1.64. The number of methoxy groups -OCH3 is 1. The number of pyridine rings is 1. The second kappa shape index (κ2) is 6.41. The van der Waals surface area contributed by atoms with E-state index < -0.39 is 0 Å². The molecule has 0 atom stereocenters. The van der Waals surface area contributed by atoms with E-state index in [1.54, 1.807) is 13.3 Å². The van der Waals surface area contributed by atoms with E-state index in [9.17, 15) is 0 Å². The third kappa shape index (κ3) is 3.84. The topological polar surface area (TPSA) is 63.7 Å². The Morgan fingerprint density at radius 1 is 1.53 bits per heavy atom. The summed E-state index contributed by atoms with van der Waals surface area (Å²) in [6.07, 6.45) is 4.11. The standard InChI is InChI=1S/C14H22N4O/c1-11-4-7-18(8-5-11)14(15)17-10-12-3-6-16-13(9-12)19-2/h3,6,9,11H,4-5,7-8,10H2,1-2H3,(H2,15,17). The molecule has 1 saturated heterocycles. The maximum atomic E-state index is 6.04. The van der Waals surface area contributed by atoms with Crippen LogP contribution in [0.25, 0.3) is 0 Å². The van der Waals surface area contributed by atoms with Gasteiger partial charge in [-0.2, -0.15) is 0 Å². The molecule has 5 nitrogen and oxygen atoms in total. The van der Waals surface area contributed by atoms with Gasteiger partial charge in [0.25, 0.3) is 0 Å². The first kappa shape index (κ1) is 13.6. The Morgan fingerprint density at radius 2 is 2.26 bits per heavy atom. The molecule has 1 aromatic heterocycles. The SMILES string of the molecule is COc1cc(CN=C(N)N2CCC(C)CC2)ccn1. The van der Waals surface area contributed by atoms with Gasteiger partial charge in [0.2, 0.25) is 5.88 Å². The molecule has 104 valence electrons. The Labute approximate surface area is 114 Å². The van der Waals surface area contributed by atoms with Gasteiger partial charge in [-0.3, -0.25) is 0 Å². The monoisotopic (exact) mass is 262 g/mol. The van der Waals surface area contributed by atoms with Crippen LogP contribution in [0.2, 0.25) is 0 Å². The number of likely N-dealkylation sites (tertiary alicyclic amines) is 1. The lowest BCUT2D eigenvalue weighted by molar-refractivity contribution is 0.277. The number of nitrogens with two attached hydrogens (primary N) is 1. The molecule has 0 aliphatic carbocycles. The van der Waals surface area contributed by atoms with Gasteiger partial charge >= 0.3 is 0 Å². The van der Waals surface area contributed by atoms with Gasteiger partial charge in [0, 0.05) is 25.4 Å². The number of piperidine rings is 1. The maximum absolute atomic E-state index is 6.04. The number of rotatable bonds is 3. The van der Waals surface area contributed by atoms with Crippen LogP contribution in [0.5, 0.6) is 5.88 Å². The minimum atomic E-state index is 0.566. The summed E-state index contributed by atoms with van der Waals surface area (Å²) in [6.45, 7) is 4.87. The number of nitrogens with zero attached hydrogens (tertiary/aromatic N) is 3. The summed E-state index contributed by atoms with van der Waals surface area (Å²) in [5.41, 5.74) is 7.10. The Bertz CT molecular complexity index is 439. The second-order valence-corrected chi connectivity index (χ2v) is 5.05. The Hall–Kier alpha value is -1.78. The van der Waals surface area contributed by atoms with E-state index in [0.717, 1.165) is 24.6 Å². The number of guanidine groups is 1. The van der Waals surface area contributed by atoms with Crippen LogP contribution in [0.4, 0.5) is 0 Å². The van der Waals surface area contributed by atoms with Gasteiger partial charge < -0.3 is 15.4 Å². The molecule has 5 heteroatoms. The van der Waals surface area contributed by atoms with Crippen LogP contribution < -0.4 is 10.5 Å². The molecule has 0 unspecified atom stereocenters. The van der Waals surface area contributed by atoms with Crippen molar-refractivity contribution in [3.8, 4) is 5.88 Å². The first-order valence-corrected chi connectivity index (χ1v) is 6.73. The van der Waals surface area contributed by atoms with Crippen LogP contribution >= 0.6 is 0 Å². The van der Waals surface area contributed by atoms with Crippen LogP contribution in [-0.2, 0) is 6.54 Å². The average molecular weight is 262 g/mol. The molecule has 2 N–H and O–H groups in total. The first-order chi connectivity index (χ1) is 9.19. The molecule has 0 bridgehead atoms. The zero-order chi connectivity index (χ0) is 13.7. The third-order valence-corrected chi connectivity index (χ3v) is 3.54. The smallest absolute Gasteiger partial charge is 0.213 e. The summed E-state index contributed by atoms with van der Waals surface area (Å²) in [4.78, 5) is 10.7. The molecular weight excluding hydrogens is 240 g/mol. The largest absolute Gasteiger partial charge is 0.481 e. The normalized spacial score (nSPS) is 17.6. The number of aliphatic imine (C=N–C) groups is 1. The van der Waals surface area contributed by atoms with Crippen LogP contribution in [0, 0.1) is 5.92 Å². The van der Waals surface area contributed by atoms with Crippen molar-refractivity contribution in [3.63, 3.8) is 0 Å². The van der Waals surface area contributed by atoms with E-state index >= 15 is 0 Å². The first-order valence-electron chi connectivity index (χ1n) is 6.73. The van der Waals surface area contributed by atoms with Crippen molar-refractivity contribution in [3.05, 3.63) is 23.9 Å². The van der Waals surface area contributed by atoms with Crippen molar-refractivity contribution in [2.24, 2.45) is 16.6 Å². The molecule has 0 amide bonds. The van der Waals surface area contributed by atoms with E-state index in [1.807, 2.05) is 12.1 Å². The van der Waals surface area contributed by atoms with Crippen molar-refractivity contribution >= 4 is 5.96 Å². The lowest BCUT2D eigenvalue weighted by Gasteiger charge is -2.31. The van der Waals surface area contributed by atoms with Gasteiger partial charge in [0.1, 0.15) is 0 Å². The fraction of sp³-hybridized carbons (Fsp3) is 0.571. The molecule has 1 aliphatic heterocycles. The van der Waals surface area contributed by atoms with Gasteiger partial charge in [0.05, 0.1) is 13.7 Å². The number of hydrogen-bond donors (Lipinski definition) is 1. The fourth-order valence-corrected chi connectivity index (χ4v) is 2.17. The minimum Gasteiger partial charge on any atom is -0.481 e. The van der Waals surface area contributed by atoms with Crippen molar-refractivity contribution in [1.82, 2.24) is 9.88 Å². The molecule has 0 radical (unpaired) electrons. The highest BCUT2D eigenvalue weighted by Crippen LogP contribution is 2.16. The van der Waals surface area contributed by atoms with Crippen molar-refractivity contribution in [2.45, 2.75) is 26.3 Å². The highest BCUT2D eigenvalue weighted by Gasteiger charge is 2.16. The van der Waals surface area contributed by atoms with E-state index in [2.05, 4.69) is 21.8 Å². The van der Waals surface area contributed by atoms with Crippen LogP contribution in [-0.4, -0.2) is 36.0 Å². The highest BCUT2D eigenvalue weighted by molar-refractivity contribution is 5.78. The van der Waals surface area contributed by atoms with Crippen LogP contribution in [0.3, 0.4) is 0 Å². The quantitative estimate of drug-likeness (QED) is 0.664. The van der Waals surface area contributed by atoms with E-state index in [0.29, 0.717) is 18.4 Å². The number of ether oxygens (including phenoxy) is 1. The van der Waals surface area contributed by atoms with Crippen molar-refractivity contribution in [2.75, 3.05) is 20.2 Å². The van der Waals surface area contributed by atoms with Gasteiger partial charge in [-0.15, -0.1) is 0 Å².